The Bertz CT molecular complexity index is 999. The van der Waals surface area contributed by atoms with E-state index in [2.05, 4.69) is 10.3 Å². The molecule has 30 heavy (non-hydrogen) atoms. The number of nitrogens with two attached hydrogens (primary N) is 1. The number of ether oxygens (including phenoxy) is 1. The van der Waals surface area contributed by atoms with Gasteiger partial charge in [0.2, 0.25) is 5.91 Å². The van der Waals surface area contributed by atoms with Crippen molar-refractivity contribution >= 4 is 46.3 Å². The van der Waals surface area contributed by atoms with Crippen LogP contribution in [0.3, 0.4) is 0 Å². The Hall–Kier alpha value is -2.49. The molecular formula is C19H25Cl2N5O4. The molecule has 0 aliphatic carbocycles. The van der Waals surface area contributed by atoms with Gasteiger partial charge in [-0.3, -0.25) is 19.1 Å². The van der Waals surface area contributed by atoms with Gasteiger partial charge in [0.15, 0.2) is 5.69 Å². The van der Waals surface area contributed by atoms with E-state index in [4.69, 9.17) is 33.7 Å². The zero-order valence-electron chi connectivity index (χ0n) is 17.0. The number of methoxy groups -OCH3 is 1. The number of anilines is 3. The van der Waals surface area contributed by atoms with E-state index in [1.807, 2.05) is 13.8 Å². The molecule has 1 aromatic heterocycles. The molecule has 1 aromatic carbocycles. The van der Waals surface area contributed by atoms with Crippen LogP contribution in [-0.2, 0) is 16.1 Å². The lowest BCUT2D eigenvalue weighted by molar-refractivity contribution is -0.117. The van der Waals surface area contributed by atoms with Crippen LogP contribution in [0.25, 0.3) is 0 Å². The SMILES string of the molecule is COCCN(C(=O)CNc1cc(Cl)cc(Cl)c1)c1c(N)n(CC(C)C)c(=O)[nH]c1=O. The number of aromatic amines is 1. The first-order valence-corrected chi connectivity index (χ1v) is 10.0. The first-order valence-electron chi connectivity index (χ1n) is 9.25. The van der Waals surface area contributed by atoms with E-state index < -0.39 is 17.2 Å². The molecule has 0 saturated heterocycles. The number of rotatable bonds is 9. The number of hydrogen-bond donors (Lipinski definition) is 3. The molecule has 1 heterocycles. The Morgan fingerprint density at radius 3 is 2.47 bits per heavy atom. The average molecular weight is 458 g/mol. The minimum Gasteiger partial charge on any atom is -0.383 e. The molecule has 0 bridgehead atoms. The lowest BCUT2D eigenvalue weighted by Crippen LogP contribution is -2.44. The van der Waals surface area contributed by atoms with Crippen LogP contribution in [0, 0.1) is 5.92 Å². The Labute approximate surface area is 183 Å². The van der Waals surface area contributed by atoms with E-state index in [1.165, 1.54) is 16.6 Å². The number of aromatic nitrogens is 2. The first kappa shape index (κ1) is 23.8. The Morgan fingerprint density at radius 2 is 1.90 bits per heavy atom. The highest BCUT2D eigenvalue weighted by atomic mass is 35.5. The van der Waals surface area contributed by atoms with E-state index in [0.29, 0.717) is 22.3 Å². The van der Waals surface area contributed by atoms with Crippen molar-refractivity contribution in [3.8, 4) is 0 Å². The van der Waals surface area contributed by atoms with Crippen LogP contribution < -0.4 is 27.2 Å². The fourth-order valence-electron chi connectivity index (χ4n) is 2.86. The molecule has 0 aliphatic rings. The van der Waals surface area contributed by atoms with Crippen molar-refractivity contribution in [2.75, 3.05) is 42.8 Å². The molecule has 0 radical (unpaired) electrons. The molecule has 0 atom stereocenters. The number of halogens is 2. The summed E-state index contributed by atoms with van der Waals surface area (Å²) in [4.78, 5) is 41.1. The predicted molar refractivity (Wildman–Crippen MR) is 120 cm³/mol. The van der Waals surface area contributed by atoms with Crippen LogP contribution in [0.5, 0.6) is 0 Å². The Morgan fingerprint density at radius 1 is 1.27 bits per heavy atom. The Kier molecular flexibility index (Phi) is 8.33. The summed E-state index contributed by atoms with van der Waals surface area (Å²) in [6.45, 7) is 4.18. The van der Waals surface area contributed by atoms with Gasteiger partial charge in [0.25, 0.3) is 5.56 Å². The van der Waals surface area contributed by atoms with Gasteiger partial charge < -0.3 is 20.7 Å². The van der Waals surface area contributed by atoms with Gasteiger partial charge >= 0.3 is 5.69 Å². The molecule has 9 nitrogen and oxygen atoms in total. The normalized spacial score (nSPS) is 11.0. The molecule has 0 saturated carbocycles. The summed E-state index contributed by atoms with van der Waals surface area (Å²) < 4.78 is 6.31. The lowest BCUT2D eigenvalue weighted by atomic mass is 10.2. The number of nitrogens with zero attached hydrogens (tertiary/aromatic N) is 2. The molecule has 0 fully saturated rings. The van der Waals surface area contributed by atoms with Crippen LogP contribution in [0.2, 0.25) is 10.0 Å². The van der Waals surface area contributed by atoms with Crippen molar-refractivity contribution in [2.45, 2.75) is 20.4 Å². The highest BCUT2D eigenvalue weighted by molar-refractivity contribution is 6.35. The van der Waals surface area contributed by atoms with Crippen molar-refractivity contribution in [3.63, 3.8) is 0 Å². The minimum absolute atomic E-state index is 0.0699. The van der Waals surface area contributed by atoms with Gasteiger partial charge in [0, 0.05) is 35.9 Å². The van der Waals surface area contributed by atoms with Gasteiger partial charge in [0.1, 0.15) is 5.82 Å². The maximum atomic E-state index is 13.0. The van der Waals surface area contributed by atoms with Crippen molar-refractivity contribution in [1.82, 2.24) is 9.55 Å². The number of carbonyl (C=O) groups excluding carboxylic acids is 1. The largest absolute Gasteiger partial charge is 0.383 e. The smallest absolute Gasteiger partial charge is 0.330 e. The number of H-pyrrole nitrogens is 1. The molecule has 4 N–H and O–H groups in total. The fraction of sp³-hybridized carbons (Fsp3) is 0.421. The second-order valence-electron chi connectivity index (χ2n) is 7.05. The second-order valence-corrected chi connectivity index (χ2v) is 7.92. The zero-order valence-corrected chi connectivity index (χ0v) is 18.5. The van der Waals surface area contributed by atoms with E-state index in [-0.39, 0.29) is 37.1 Å². The van der Waals surface area contributed by atoms with Crippen LogP contribution in [0.1, 0.15) is 13.8 Å². The van der Waals surface area contributed by atoms with Crippen molar-refractivity contribution < 1.29 is 9.53 Å². The summed E-state index contributed by atoms with van der Waals surface area (Å²) in [6, 6.07) is 4.80. The summed E-state index contributed by atoms with van der Waals surface area (Å²) in [7, 11) is 1.47. The maximum absolute atomic E-state index is 13.0. The van der Waals surface area contributed by atoms with Gasteiger partial charge in [-0.1, -0.05) is 37.0 Å². The third-order valence-electron chi connectivity index (χ3n) is 4.16. The van der Waals surface area contributed by atoms with Crippen molar-refractivity contribution in [3.05, 3.63) is 49.1 Å². The number of amides is 1. The molecule has 11 heteroatoms. The standard InChI is InChI=1S/C19H25Cl2N5O4/c1-11(2)10-26-17(22)16(18(28)24-19(26)29)25(4-5-30-3)15(27)9-23-14-7-12(20)6-13(21)8-14/h6-8,11,23H,4-5,9-10,22H2,1-3H3,(H,24,28,29). The number of benzene rings is 1. The monoisotopic (exact) mass is 457 g/mol. The minimum atomic E-state index is -0.743. The van der Waals surface area contributed by atoms with Crippen LogP contribution in [0.4, 0.5) is 17.2 Å². The molecular weight excluding hydrogens is 433 g/mol. The molecule has 0 unspecified atom stereocenters. The summed E-state index contributed by atoms with van der Waals surface area (Å²) in [5.74, 6) is -0.427. The van der Waals surface area contributed by atoms with Gasteiger partial charge in [0.05, 0.1) is 13.2 Å². The van der Waals surface area contributed by atoms with Gasteiger partial charge in [-0.25, -0.2) is 4.79 Å². The van der Waals surface area contributed by atoms with E-state index in [9.17, 15) is 14.4 Å². The topological polar surface area (TPSA) is 122 Å². The number of nitrogen functional groups attached to an aromatic ring is 1. The molecule has 0 spiro atoms. The summed E-state index contributed by atoms with van der Waals surface area (Å²) >= 11 is 12.0. The maximum Gasteiger partial charge on any atom is 0.330 e. The number of nitrogens with one attached hydrogen (secondary N) is 2. The molecule has 164 valence electrons. The van der Waals surface area contributed by atoms with Crippen molar-refractivity contribution in [1.29, 1.82) is 0 Å². The second kappa shape index (κ2) is 10.5. The van der Waals surface area contributed by atoms with Crippen molar-refractivity contribution in [2.24, 2.45) is 5.92 Å². The lowest BCUT2D eigenvalue weighted by Gasteiger charge is -2.25. The third kappa shape index (κ3) is 6.01. The van der Waals surface area contributed by atoms with Gasteiger partial charge in [-0.05, 0) is 24.1 Å². The quantitative estimate of drug-likeness (QED) is 0.530. The van der Waals surface area contributed by atoms with Crippen LogP contribution >= 0.6 is 23.2 Å². The predicted octanol–water partition coefficient (Wildman–Crippen LogP) is 2.17. The molecule has 1 amide bonds. The Balaban J connectivity index is 2.38. The summed E-state index contributed by atoms with van der Waals surface area (Å²) in [6.07, 6.45) is 0. The average Bonchev–Trinajstić information content (AvgIpc) is 2.64. The molecule has 2 rings (SSSR count). The third-order valence-corrected chi connectivity index (χ3v) is 4.59. The fourth-order valence-corrected chi connectivity index (χ4v) is 3.38. The summed E-state index contributed by atoms with van der Waals surface area (Å²) in [5, 5.41) is 3.75. The number of carbonyl (C=O) groups is 1. The van der Waals surface area contributed by atoms with Crippen LogP contribution in [-0.4, -0.2) is 42.3 Å². The zero-order chi connectivity index (χ0) is 22.4. The first-order chi connectivity index (χ1) is 14.1. The highest BCUT2D eigenvalue weighted by Gasteiger charge is 2.24. The van der Waals surface area contributed by atoms with Gasteiger partial charge in [-0.2, -0.15) is 0 Å². The van der Waals surface area contributed by atoms with E-state index >= 15 is 0 Å². The van der Waals surface area contributed by atoms with E-state index in [0.717, 1.165) is 0 Å². The molecule has 0 aliphatic heterocycles. The summed E-state index contributed by atoms with van der Waals surface area (Å²) in [5.41, 5.74) is 5.22. The highest BCUT2D eigenvalue weighted by Crippen LogP contribution is 2.23. The number of hydrogen-bond acceptors (Lipinski definition) is 6. The van der Waals surface area contributed by atoms with Crippen LogP contribution in [0.15, 0.2) is 27.8 Å². The van der Waals surface area contributed by atoms with E-state index in [1.54, 1.807) is 18.2 Å². The van der Waals surface area contributed by atoms with Gasteiger partial charge in [-0.15, -0.1) is 0 Å². The molecule has 2 aromatic rings.